The Hall–Kier alpha value is -1.42. The fourth-order valence-electron chi connectivity index (χ4n) is 2.99. The number of aliphatic hydroxyl groups excluding tert-OH is 1. The smallest absolute Gasteiger partial charge is 0.220 e. The Morgan fingerprint density at radius 3 is 3.00 bits per heavy atom. The summed E-state index contributed by atoms with van der Waals surface area (Å²) in [6, 6.07) is 6.40. The van der Waals surface area contributed by atoms with Gasteiger partial charge in [-0.2, -0.15) is 0 Å². The maximum absolute atomic E-state index is 13.2. The van der Waals surface area contributed by atoms with Crippen molar-refractivity contribution in [3.63, 3.8) is 0 Å². The number of carbonyl (C=O) groups excluding carboxylic acids is 1. The van der Waals surface area contributed by atoms with E-state index in [1.54, 1.807) is 6.07 Å². The van der Waals surface area contributed by atoms with Gasteiger partial charge in [0.05, 0.1) is 6.10 Å². The molecule has 1 aromatic rings. The molecule has 1 aromatic carbocycles. The first kappa shape index (κ1) is 16.0. The Bertz CT molecular complexity index is 478. The summed E-state index contributed by atoms with van der Waals surface area (Å²) in [5, 5.41) is 12.6. The molecule has 0 aliphatic heterocycles. The number of carbonyl (C=O) groups is 1. The lowest BCUT2D eigenvalue weighted by molar-refractivity contribution is -0.121. The van der Waals surface area contributed by atoms with Crippen LogP contribution in [-0.4, -0.2) is 23.7 Å². The van der Waals surface area contributed by atoms with E-state index in [1.165, 1.54) is 12.1 Å². The number of amides is 1. The second-order valence-electron chi connectivity index (χ2n) is 6.15. The average Bonchev–Trinajstić information content (AvgIpc) is 2.45. The fourth-order valence-corrected chi connectivity index (χ4v) is 2.99. The van der Waals surface area contributed by atoms with Crippen LogP contribution in [0.15, 0.2) is 24.3 Å². The first-order valence-corrected chi connectivity index (χ1v) is 7.75. The van der Waals surface area contributed by atoms with Gasteiger partial charge >= 0.3 is 0 Å². The molecule has 21 heavy (non-hydrogen) atoms. The summed E-state index contributed by atoms with van der Waals surface area (Å²) in [4.78, 5) is 12.0. The molecule has 4 heteroatoms. The van der Waals surface area contributed by atoms with Crippen molar-refractivity contribution in [1.29, 1.82) is 0 Å². The maximum atomic E-state index is 13.2. The van der Waals surface area contributed by atoms with Gasteiger partial charge in [-0.3, -0.25) is 4.79 Å². The van der Waals surface area contributed by atoms with E-state index in [-0.39, 0.29) is 23.7 Å². The summed E-state index contributed by atoms with van der Waals surface area (Å²) in [6.07, 6.45) is 3.89. The lowest BCUT2D eigenvalue weighted by Crippen LogP contribution is -2.33. The van der Waals surface area contributed by atoms with Crippen molar-refractivity contribution < 1.29 is 14.3 Å². The third-order valence-electron chi connectivity index (χ3n) is 4.25. The molecule has 1 saturated carbocycles. The van der Waals surface area contributed by atoms with Crippen LogP contribution in [0.4, 0.5) is 4.39 Å². The van der Waals surface area contributed by atoms with Crippen molar-refractivity contribution in [2.75, 3.05) is 6.54 Å². The molecule has 3 unspecified atom stereocenters. The summed E-state index contributed by atoms with van der Waals surface area (Å²) in [6.45, 7) is 2.56. The first-order chi connectivity index (χ1) is 10.0. The third-order valence-corrected chi connectivity index (χ3v) is 4.25. The highest BCUT2D eigenvalue weighted by molar-refractivity contribution is 5.76. The lowest BCUT2D eigenvalue weighted by Gasteiger charge is -2.26. The zero-order valence-electron chi connectivity index (χ0n) is 12.5. The number of nitrogens with one attached hydrogen (secondary N) is 1. The van der Waals surface area contributed by atoms with Gasteiger partial charge in [-0.1, -0.05) is 25.5 Å². The lowest BCUT2D eigenvalue weighted by atomic mass is 9.87. The van der Waals surface area contributed by atoms with E-state index in [4.69, 9.17) is 0 Å². The zero-order valence-corrected chi connectivity index (χ0v) is 12.5. The van der Waals surface area contributed by atoms with Crippen LogP contribution in [0.5, 0.6) is 0 Å². The van der Waals surface area contributed by atoms with E-state index in [1.807, 2.05) is 13.0 Å². The number of halogens is 1. The summed E-state index contributed by atoms with van der Waals surface area (Å²) < 4.78 is 13.2. The first-order valence-electron chi connectivity index (χ1n) is 7.75. The van der Waals surface area contributed by atoms with Gasteiger partial charge in [0, 0.05) is 13.0 Å². The standard InChI is InChI=1S/C17H24FNO2/c1-12(14-5-3-6-15(18)10-14)8-17(21)19-11-13-4-2-7-16(20)9-13/h3,5-6,10,12-13,16,20H,2,4,7-9,11H2,1H3,(H,19,21). The van der Waals surface area contributed by atoms with Crippen molar-refractivity contribution in [2.24, 2.45) is 5.92 Å². The molecule has 0 spiro atoms. The quantitative estimate of drug-likeness (QED) is 0.877. The van der Waals surface area contributed by atoms with Crippen LogP contribution in [0.1, 0.15) is 50.5 Å². The van der Waals surface area contributed by atoms with Crippen LogP contribution in [0.2, 0.25) is 0 Å². The van der Waals surface area contributed by atoms with E-state index in [0.717, 1.165) is 31.2 Å². The van der Waals surface area contributed by atoms with Crippen molar-refractivity contribution in [1.82, 2.24) is 5.32 Å². The van der Waals surface area contributed by atoms with Gasteiger partial charge in [0.1, 0.15) is 5.82 Å². The maximum Gasteiger partial charge on any atom is 0.220 e. The Morgan fingerprint density at radius 1 is 1.48 bits per heavy atom. The molecule has 1 fully saturated rings. The number of benzene rings is 1. The third kappa shape index (κ3) is 5.12. The van der Waals surface area contributed by atoms with Crippen molar-refractivity contribution in [3.05, 3.63) is 35.6 Å². The Morgan fingerprint density at radius 2 is 2.29 bits per heavy atom. The van der Waals surface area contributed by atoms with Gasteiger partial charge in [-0.25, -0.2) is 4.39 Å². The SMILES string of the molecule is CC(CC(=O)NCC1CCCC(O)C1)c1cccc(F)c1. The number of hydrogen-bond donors (Lipinski definition) is 2. The minimum atomic E-state index is -0.268. The molecule has 2 N–H and O–H groups in total. The van der Waals surface area contributed by atoms with Crippen LogP contribution in [0, 0.1) is 11.7 Å². The monoisotopic (exact) mass is 293 g/mol. The normalized spacial score (nSPS) is 23.6. The van der Waals surface area contributed by atoms with Gasteiger partial charge in [-0.05, 0) is 48.8 Å². The minimum Gasteiger partial charge on any atom is -0.393 e. The Kier molecular flexibility index (Phi) is 5.74. The molecule has 0 aromatic heterocycles. The molecule has 0 heterocycles. The molecule has 116 valence electrons. The number of aliphatic hydroxyl groups is 1. The predicted molar refractivity (Wildman–Crippen MR) is 80.4 cm³/mol. The van der Waals surface area contributed by atoms with Crippen LogP contribution in [0.25, 0.3) is 0 Å². The molecule has 3 nitrogen and oxygen atoms in total. The van der Waals surface area contributed by atoms with E-state index in [9.17, 15) is 14.3 Å². The molecule has 3 atom stereocenters. The minimum absolute atomic E-state index is 0.00218. The predicted octanol–water partition coefficient (Wildman–Crippen LogP) is 2.99. The van der Waals surface area contributed by atoms with Crippen LogP contribution < -0.4 is 5.32 Å². The van der Waals surface area contributed by atoms with Crippen molar-refractivity contribution in [2.45, 2.75) is 51.0 Å². The Labute approximate surface area is 125 Å². The fraction of sp³-hybridized carbons (Fsp3) is 0.588. The summed E-state index contributed by atoms with van der Waals surface area (Å²) >= 11 is 0. The van der Waals surface area contributed by atoms with Gasteiger partial charge < -0.3 is 10.4 Å². The van der Waals surface area contributed by atoms with Crippen LogP contribution >= 0.6 is 0 Å². The highest BCUT2D eigenvalue weighted by atomic mass is 19.1. The van der Waals surface area contributed by atoms with E-state index < -0.39 is 0 Å². The molecular weight excluding hydrogens is 269 g/mol. The molecule has 1 amide bonds. The molecule has 2 rings (SSSR count). The van der Waals surface area contributed by atoms with Crippen molar-refractivity contribution >= 4 is 5.91 Å². The van der Waals surface area contributed by atoms with Crippen LogP contribution in [-0.2, 0) is 4.79 Å². The molecule has 0 saturated heterocycles. The van der Waals surface area contributed by atoms with Crippen LogP contribution in [0.3, 0.4) is 0 Å². The molecule has 1 aliphatic carbocycles. The summed E-state index contributed by atoms with van der Waals surface area (Å²) in [7, 11) is 0. The highest BCUT2D eigenvalue weighted by Crippen LogP contribution is 2.24. The van der Waals surface area contributed by atoms with Gasteiger partial charge in [0.25, 0.3) is 0 Å². The van der Waals surface area contributed by atoms with Gasteiger partial charge in [0.2, 0.25) is 5.91 Å². The van der Waals surface area contributed by atoms with E-state index in [2.05, 4.69) is 5.32 Å². The molecule has 0 radical (unpaired) electrons. The van der Waals surface area contributed by atoms with Crippen molar-refractivity contribution in [3.8, 4) is 0 Å². The van der Waals surface area contributed by atoms with E-state index >= 15 is 0 Å². The second-order valence-corrected chi connectivity index (χ2v) is 6.15. The second kappa shape index (κ2) is 7.55. The number of hydrogen-bond acceptors (Lipinski definition) is 2. The summed E-state index contributed by atoms with van der Waals surface area (Å²) in [5.74, 6) is 0.0996. The van der Waals surface area contributed by atoms with E-state index in [0.29, 0.717) is 18.9 Å². The topological polar surface area (TPSA) is 49.3 Å². The zero-order chi connectivity index (χ0) is 15.2. The molecule has 0 bridgehead atoms. The van der Waals surface area contributed by atoms with Gasteiger partial charge in [0.15, 0.2) is 0 Å². The largest absolute Gasteiger partial charge is 0.393 e. The molecule has 1 aliphatic rings. The van der Waals surface area contributed by atoms with Gasteiger partial charge in [-0.15, -0.1) is 0 Å². The molecular formula is C17H24FNO2. The average molecular weight is 293 g/mol. The highest BCUT2D eigenvalue weighted by Gasteiger charge is 2.21. The number of rotatable bonds is 5. The Balaban J connectivity index is 1.76. The summed E-state index contributed by atoms with van der Waals surface area (Å²) in [5.41, 5.74) is 0.846.